The number of hydrogen-bond acceptors (Lipinski definition) is 2. The number of rotatable bonds is 1. The summed E-state index contributed by atoms with van der Waals surface area (Å²) in [6.07, 6.45) is 14.8. The zero-order valence-corrected chi connectivity index (χ0v) is 13.1. The summed E-state index contributed by atoms with van der Waals surface area (Å²) < 4.78 is 1.69. The van der Waals surface area contributed by atoms with Crippen molar-refractivity contribution in [3.63, 3.8) is 0 Å². The molecule has 0 radical (unpaired) electrons. The third kappa shape index (κ3) is 3.39. The molecule has 1 fully saturated rings. The summed E-state index contributed by atoms with van der Waals surface area (Å²) in [7, 11) is 0. The lowest BCUT2D eigenvalue weighted by Crippen LogP contribution is -2.07. The summed E-state index contributed by atoms with van der Waals surface area (Å²) in [5, 5.41) is 0. The van der Waals surface area contributed by atoms with Crippen LogP contribution in [0.3, 0.4) is 0 Å². The van der Waals surface area contributed by atoms with Gasteiger partial charge in [-0.05, 0) is 42.4 Å². The number of aromatic nitrogens is 2. The van der Waals surface area contributed by atoms with E-state index in [-0.39, 0.29) is 0 Å². The van der Waals surface area contributed by atoms with Crippen molar-refractivity contribution in [3.05, 3.63) is 30.1 Å². The molecule has 1 aliphatic carbocycles. The van der Waals surface area contributed by atoms with E-state index in [0.717, 1.165) is 17.0 Å². The van der Waals surface area contributed by atoms with Crippen molar-refractivity contribution in [3.8, 4) is 0 Å². The highest BCUT2D eigenvalue weighted by Gasteiger charge is 2.15. The van der Waals surface area contributed by atoms with Gasteiger partial charge >= 0.3 is 0 Å². The fraction of sp³-hybridized carbons (Fsp3) is 0.611. The Balaban J connectivity index is 1.79. The largest absolute Gasteiger partial charge is 0.339 e. The molecule has 3 nitrogen and oxygen atoms in total. The SMILES string of the molecule is CC1CCCCCC(c2cnc3ccn(N)c3c2)CCC1. The van der Waals surface area contributed by atoms with Crippen molar-refractivity contribution >= 4 is 11.0 Å². The first-order valence-electron chi connectivity index (χ1n) is 8.46. The van der Waals surface area contributed by atoms with Crippen LogP contribution >= 0.6 is 0 Å². The van der Waals surface area contributed by atoms with Gasteiger partial charge in [0.1, 0.15) is 0 Å². The van der Waals surface area contributed by atoms with Crippen LogP contribution in [0.5, 0.6) is 0 Å². The molecule has 2 aromatic rings. The van der Waals surface area contributed by atoms with Gasteiger partial charge in [-0.2, -0.15) is 0 Å². The third-order valence-electron chi connectivity index (χ3n) is 5.06. The van der Waals surface area contributed by atoms with E-state index in [9.17, 15) is 0 Å². The topological polar surface area (TPSA) is 43.8 Å². The summed E-state index contributed by atoms with van der Waals surface area (Å²) >= 11 is 0. The molecular formula is C18H27N3. The maximum Gasteiger partial charge on any atom is 0.0901 e. The summed E-state index contributed by atoms with van der Waals surface area (Å²) in [5.74, 6) is 7.52. The summed E-state index contributed by atoms with van der Waals surface area (Å²) in [4.78, 5) is 4.59. The van der Waals surface area contributed by atoms with Gasteiger partial charge < -0.3 is 5.84 Å². The first-order chi connectivity index (χ1) is 10.2. The molecule has 1 saturated carbocycles. The smallest absolute Gasteiger partial charge is 0.0901 e. The second-order valence-corrected chi connectivity index (χ2v) is 6.77. The van der Waals surface area contributed by atoms with Crippen molar-refractivity contribution in [2.75, 3.05) is 5.84 Å². The lowest BCUT2D eigenvalue weighted by atomic mass is 9.85. The van der Waals surface area contributed by atoms with E-state index in [1.165, 1.54) is 56.9 Å². The quantitative estimate of drug-likeness (QED) is 0.778. The van der Waals surface area contributed by atoms with Gasteiger partial charge in [-0.1, -0.05) is 45.4 Å². The van der Waals surface area contributed by atoms with E-state index in [2.05, 4.69) is 24.2 Å². The standard InChI is InChI=1S/C18H27N3/c1-14-6-3-2-4-8-15(9-5-7-14)16-12-18-17(20-13-16)10-11-21(18)19/h10-15H,2-9,19H2,1H3. The number of nitrogens with zero attached hydrogens (tertiary/aromatic N) is 2. The fourth-order valence-corrected chi connectivity index (χ4v) is 3.66. The Hall–Kier alpha value is -1.51. The molecular weight excluding hydrogens is 258 g/mol. The Bertz CT molecular complexity index is 587. The minimum atomic E-state index is 0.655. The van der Waals surface area contributed by atoms with Gasteiger partial charge in [0, 0.05) is 12.4 Å². The van der Waals surface area contributed by atoms with Crippen molar-refractivity contribution < 1.29 is 0 Å². The number of fused-ring (bicyclic) bond motifs is 1. The molecule has 0 bridgehead atoms. The Morgan fingerprint density at radius 2 is 1.86 bits per heavy atom. The molecule has 0 saturated heterocycles. The average molecular weight is 285 g/mol. The Morgan fingerprint density at radius 3 is 2.76 bits per heavy atom. The van der Waals surface area contributed by atoms with Crippen LogP contribution in [0.2, 0.25) is 0 Å². The van der Waals surface area contributed by atoms with Gasteiger partial charge in [0.2, 0.25) is 0 Å². The normalized spacial score (nSPS) is 25.0. The van der Waals surface area contributed by atoms with Crippen LogP contribution in [-0.2, 0) is 0 Å². The monoisotopic (exact) mass is 285 g/mol. The van der Waals surface area contributed by atoms with Crippen molar-refractivity contribution in [1.82, 2.24) is 9.66 Å². The summed E-state index contributed by atoms with van der Waals surface area (Å²) in [6.45, 7) is 2.41. The Kier molecular flexibility index (Phi) is 4.47. The highest BCUT2D eigenvalue weighted by atomic mass is 15.3. The maximum absolute atomic E-state index is 5.97. The fourth-order valence-electron chi connectivity index (χ4n) is 3.66. The minimum Gasteiger partial charge on any atom is -0.339 e. The zero-order chi connectivity index (χ0) is 14.7. The molecule has 2 heterocycles. The number of nitrogen functional groups attached to an aromatic ring is 1. The predicted octanol–water partition coefficient (Wildman–Crippen LogP) is 4.60. The Labute approximate surface area is 127 Å². The van der Waals surface area contributed by atoms with E-state index in [1.807, 2.05) is 12.3 Å². The van der Waals surface area contributed by atoms with Gasteiger partial charge in [0.15, 0.2) is 0 Å². The second kappa shape index (κ2) is 6.50. The lowest BCUT2D eigenvalue weighted by Gasteiger charge is -2.21. The predicted molar refractivity (Wildman–Crippen MR) is 88.7 cm³/mol. The summed E-state index contributed by atoms with van der Waals surface area (Å²) in [5.41, 5.74) is 3.42. The highest BCUT2D eigenvalue weighted by molar-refractivity contribution is 5.76. The van der Waals surface area contributed by atoms with Gasteiger partial charge in [0.05, 0.1) is 11.0 Å². The van der Waals surface area contributed by atoms with E-state index in [1.54, 1.807) is 4.68 Å². The van der Waals surface area contributed by atoms with Gasteiger partial charge in [0.25, 0.3) is 0 Å². The summed E-state index contributed by atoms with van der Waals surface area (Å²) in [6, 6.07) is 4.23. The third-order valence-corrected chi connectivity index (χ3v) is 5.06. The number of nitrogens with two attached hydrogens (primary N) is 1. The van der Waals surface area contributed by atoms with Gasteiger partial charge in [-0.3, -0.25) is 9.66 Å². The first kappa shape index (κ1) is 14.4. The Morgan fingerprint density at radius 1 is 1.10 bits per heavy atom. The molecule has 2 aromatic heterocycles. The molecule has 114 valence electrons. The second-order valence-electron chi connectivity index (χ2n) is 6.77. The molecule has 2 atom stereocenters. The lowest BCUT2D eigenvalue weighted by molar-refractivity contribution is 0.394. The molecule has 1 aliphatic rings. The van der Waals surface area contributed by atoms with Crippen molar-refractivity contribution in [1.29, 1.82) is 0 Å². The molecule has 3 heteroatoms. The molecule has 0 aliphatic heterocycles. The van der Waals surface area contributed by atoms with Crippen LogP contribution < -0.4 is 5.84 Å². The molecule has 0 aromatic carbocycles. The molecule has 0 amide bonds. The minimum absolute atomic E-state index is 0.655. The average Bonchev–Trinajstić information content (AvgIpc) is 2.86. The molecule has 2 unspecified atom stereocenters. The highest BCUT2D eigenvalue weighted by Crippen LogP contribution is 2.32. The number of hydrogen-bond donors (Lipinski definition) is 1. The van der Waals surface area contributed by atoms with Crippen LogP contribution in [0.1, 0.15) is 69.8 Å². The van der Waals surface area contributed by atoms with Crippen LogP contribution in [0.25, 0.3) is 11.0 Å². The molecule has 21 heavy (non-hydrogen) atoms. The van der Waals surface area contributed by atoms with E-state index >= 15 is 0 Å². The van der Waals surface area contributed by atoms with Gasteiger partial charge in [-0.25, -0.2) is 0 Å². The van der Waals surface area contributed by atoms with E-state index in [0.29, 0.717) is 5.92 Å². The van der Waals surface area contributed by atoms with E-state index in [4.69, 9.17) is 5.84 Å². The van der Waals surface area contributed by atoms with Gasteiger partial charge in [-0.15, -0.1) is 0 Å². The van der Waals surface area contributed by atoms with Crippen LogP contribution in [-0.4, -0.2) is 9.66 Å². The molecule has 0 spiro atoms. The molecule has 2 N–H and O–H groups in total. The van der Waals surface area contributed by atoms with E-state index < -0.39 is 0 Å². The van der Waals surface area contributed by atoms with Crippen LogP contribution in [0.4, 0.5) is 0 Å². The van der Waals surface area contributed by atoms with Crippen LogP contribution in [0, 0.1) is 5.92 Å². The number of pyridine rings is 1. The van der Waals surface area contributed by atoms with Crippen molar-refractivity contribution in [2.24, 2.45) is 5.92 Å². The maximum atomic E-state index is 5.97. The van der Waals surface area contributed by atoms with Crippen LogP contribution in [0.15, 0.2) is 24.5 Å². The zero-order valence-electron chi connectivity index (χ0n) is 13.1. The molecule has 3 rings (SSSR count). The van der Waals surface area contributed by atoms with Crippen molar-refractivity contribution in [2.45, 2.75) is 64.2 Å². The first-order valence-corrected chi connectivity index (χ1v) is 8.46.